The number of nitrogens with two attached hydrogens (primary N) is 1. The van der Waals surface area contributed by atoms with Crippen molar-refractivity contribution in [2.75, 3.05) is 26.7 Å². The Morgan fingerprint density at radius 2 is 2.17 bits per heavy atom. The molecule has 18 heavy (non-hydrogen) atoms. The lowest BCUT2D eigenvalue weighted by molar-refractivity contribution is 0.0924. The van der Waals surface area contributed by atoms with Gasteiger partial charge in [0.1, 0.15) is 5.75 Å². The van der Waals surface area contributed by atoms with Gasteiger partial charge in [0.25, 0.3) is 0 Å². The Kier molecular flexibility index (Phi) is 4.33. The minimum absolute atomic E-state index is 0.151. The minimum Gasteiger partial charge on any atom is -0.497 e. The summed E-state index contributed by atoms with van der Waals surface area (Å²) in [5.41, 5.74) is 6.44. The van der Waals surface area contributed by atoms with Crippen LogP contribution in [0.15, 0.2) is 24.3 Å². The lowest BCUT2D eigenvalue weighted by Crippen LogP contribution is -2.38. The first-order chi connectivity index (χ1) is 8.74. The normalized spacial score (nSPS) is 20.0. The zero-order valence-electron chi connectivity index (χ0n) is 10.8. The molecular weight excluding hydrogens is 228 g/mol. The summed E-state index contributed by atoms with van der Waals surface area (Å²) in [4.78, 5) is 14.3. The van der Waals surface area contributed by atoms with E-state index < -0.39 is 0 Å². The predicted molar refractivity (Wildman–Crippen MR) is 71.0 cm³/mol. The van der Waals surface area contributed by atoms with E-state index in [9.17, 15) is 4.79 Å². The zero-order chi connectivity index (χ0) is 13.0. The number of hydrogen-bond acceptors (Lipinski definition) is 4. The van der Waals surface area contributed by atoms with Gasteiger partial charge < -0.3 is 10.5 Å². The molecule has 1 aromatic rings. The number of carbonyl (C=O) groups is 1. The summed E-state index contributed by atoms with van der Waals surface area (Å²) >= 11 is 0. The molecule has 1 unspecified atom stereocenters. The van der Waals surface area contributed by atoms with Gasteiger partial charge in [0.05, 0.1) is 13.7 Å². The van der Waals surface area contributed by atoms with Crippen LogP contribution < -0.4 is 10.5 Å². The van der Waals surface area contributed by atoms with Gasteiger partial charge in [-0.2, -0.15) is 0 Å². The van der Waals surface area contributed by atoms with Crippen LogP contribution in [0.1, 0.15) is 23.2 Å². The van der Waals surface area contributed by atoms with E-state index in [0.717, 1.165) is 30.7 Å². The molecule has 98 valence electrons. The minimum atomic E-state index is 0.151. The number of carbonyl (C=O) groups excluding carboxylic acids is 1. The molecule has 0 aromatic heterocycles. The Labute approximate surface area is 108 Å². The summed E-state index contributed by atoms with van der Waals surface area (Å²) < 4.78 is 5.08. The van der Waals surface area contributed by atoms with Crippen molar-refractivity contribution in [1.29, 1.82) is 0 Å². The Morgan fingerprint density at radius 1 is 1.44 bits per heavy atom. The van der Waals surface area contributed by atoms with E-state index in [0.29, 0.717) is 19.1 Å². The van der Waals surface area contributed by atoms with Crippen molar-refractivity contribution in [3.63, 3.8) is 0 Å². The second-order valence-corrected chi connectivity index (χ2v) is 4.65. The Hall–Kier alpha value is -1.39. The highest BCUT2D eigenvalue weighted by molar-refractivity contribution is 5.97. The van der Waals surface area contributed by atoms with Gasteiger partial charge in [-0.3, -0.25) is 9.69 Å². The number of methoxy groups -OCH3 is 1. The molecule has 0 radical (unpaired) electrons. The van der Waals surface area contributed by atoms with Gasteiger partial charge in [-0.05, 0) is 43.7 Å². The highest BCUT2D eigenvalue weighted by Crippen LogP contribution is 2.17. The van der Waals surface area contributed by atoms with Crippen LogP contribution in [0.25, 0.3) is 0 Å². The third kappa shape index (κ3) is 2.89. The van der Waals surface area contributed by atoms with E-state index in [1.165, 1.54) is 0 Å². The van der Waals surface area contributed by atoms with Crippen LogP contribution in [0.4, 0.5) is 0 Å². The third-order valence-electron chi connectivity index (χ3n) is 3.53. The molecule has 0 saturated carbocycles. The fourth-order valence-corrected chi connectivity index (χ4v) is 2.42. The van der Waals surface area contributed by atoms with Gasteiger partial charge >= 0.3 is 0 Å². The first-order valence-electron chi connectivity index (χ1n) is 6.36. The molecule has 1 heterocycles. The Morgan fingerprint density at radius 3 is 2.78 bits per heavy atom. The molecule has 1 fully saturated rings. The summed E-state index contributed by atoms with van der Waals surface area (Å²) in [5, 5.41) is 0. The molecule has 4 heteroatoms. The van der Waals surface area contributed by atoms with Crippen LogP contribution in [0, 0.1) is 0 Å². The quantitative estimate of drug-likeness (QED) is 0.798. The first kappa shape index (κ1) is 13.1. The molecule has 1 aliphatic rings. The number of ketones is 1. The molecular formula is C14H20N2O2. The van der Waals surface area contributed by atoms with Gasteiger partial charge in [-0.1, -0.05) is 0 Å². The van der Waals surface area contributed by atoms with Crippen molar-refractivity contribution in [2.24, 2.45) is 5.73 Å². The molecule has 0 amide bonds. The molecule has 2 rings (SSSR count). The van der Waals surface area contributed by atoms with Crippen molar-refractivity contribution in [1.82, 2.24) is 4.90 Å². The van der Waals surface area contributed by atoms with Gasteiger partial charge in [0.15, 0.2) is 5.78 Å². The zero-order valence-corrected chi connectivity index (χ0v) is 10.8. The van der Waals surface area contributed by atoms with E-state index in [1.54, 1.807) is 7.11 Å². The molecule has 1 saturated heterocycles. The second kappa shape index (κ2) is 5.98. The van der Waals surface area contributed by atoms with Crippen LogP contribution in [-0.4, -0.2) is 43.5 Å². The van der Waals surface area contributed by atoms with E-state index in [2.05, 4.69) is 4.90 Å². The average molecular weight is 248 g/mol. The number of benzene rings is 1. The molecule has 1 aliphatic heterocycles. The molecule has 0 bridgehead atoms. The summed E-state index contributed by atoms with van der Waals surface area (Å²) in [6, 6.07) is 7.63. The SMILES string of the molecule is COc1ccc(C(=O)CN2CCCC2CN)cc1. The molecule has 2 N–H and O–H groups in total. The summed E-state index contributed by atoms with van der Waals surface area (Å²) in [7, 11) is 1.62. The third-order valence-corrected chi connectivity index (χ3v) is 3.53. The lowest BCUT2D eigenvalue weighted by atomic mass is 10.1. The van der Waals surface area contributed by atoms with Gasteiger partial charge in [-0.25, -0.2) is 0 Å². The largest absolute Gasteiger partial charge is 0.497 e. The predicted octanol–water partition coefficient (Wildman–Crippen LogP) is 1.30. The van der Waals surface area contributed by atoms with Crippen LogP contribution in [0.5, 0.6) is 5.75 Å². The maximum Gasteiger partial charge on any atom is 0.176 e. The summed E-state index contributed by atoms with van der Waals surface area (Å²) in [6.07, 6.45) is 2.24. The highest BCUT2D eigenvalue weighted by atomic mass is 16.5. The molecule has 1 aromatic carbocycles. The Balaban J connectivity index is 1.98. The van der Waals surface area contributed by atoms with Crippen LogP contribution >= 0.6 is 0 Å². The maximum absolute atomic E-state index is 12.1. The number of ether oxygens (including phenoxy) is 1. The van der Waals surface area contributed by atoms with E-state index >= 15 is 0 Å². The number of hydrogen-bond donors (Lipinski definition) is 1. The van der Waals surface area contributed by atoms with Gasteiger partial charge in [-0.15, -0.1) is 0 Å². The monoisotopic (exact) mass is 248 g/mol. The second-order valence-electron chi connectivity index (χ2n) is 4.65. The molecule has 1 atom stereocenters. The number of likely N-dealkylation sites (tertiary alicyclic amines) is 1. The smallest absolute Gasteiger partial charge is 0.176 e. The van der Waals surface area contributed by atoms with Crippen LogP contribution in [0.2, 0.25) is 0 Å². The van der Waals surface area contributed by atoms with Crippen molar-refractivity contribution in [3.8, 4) is 5.75 Å². The highest BCUT2D eigenvalue weighted by Gasteiger charge is 2.25. The lowest BCUT2D eigenvalue weighted by Gasteiger charge is -2.22. The van der Waals surface area contributed by atoms with Crippen molar-refractivity contribution < 1.29 is 9.53 Å². The van der Waals surface area contributed by atoms with Gasteiger partial charge in [0.2, 0.25) is 0 Å². The van der Waals surface area contributed by atoms with E-state index in [1.807, 2.05) is 24.3 Å². The number of rotatable bonds is 5. The number of Topliss-reactive ketones (excluding diaryl/α,β-unsaturated/α-hetero) is 1. The van der Waals surface area contributed by atoms with Crippen molar-refractivity contribution in [2.45, 2.75) is 18.9 Å². The topological polar surface area (TPSA) is 55.6 Å². The molecule has 4 nitrogen and oxygen atoms in total. The van der Waals surface area contributed by atoms with E-state index in [4.69, 9.17) is 10.5 Å². The van der Waals surface area contributed by atoms with Crippen LogP contribution in [-0.2, 0) is 0 Å². The summed E-state index contributed by atoms with van der Waals surface area (Å²) in [5.74, 6) is 0.922. The molecule has 0 aliphatic carbocycles. The maximum atomic E-state index is 12.1. The fraction of sp³-hybridized carbons (Fsp3) is 0.500. The molecule has 0 spiro atoms. The van der Waals surface area contributed by atoms with Crippen molar-refractivity contribution in [3.05, 3.63) is 29.8 Å². The summed E-state index contributed by atoms with van der Waals surface area (Å²) in [6.45, 7) is 2.08. The average Bonchev–Trinajstić information content (AvgIpc) is 2.86. The first-order valence-corrected chi connectivity index (χ1v) is 6.36. The number of nitrogens with zero attached hydrogens (tertiary/aromatic N) is 1. The van der Waals surface area contributed by atoms with Crippen LogP contribution in [0.3, 0.4) is 0 Å². The van der Waals surface area contributed by atoms with E-state index in [-0.39, 0.29) is 5.78 Å². The fourth-order valence-electron chi connectivity index (χ4n) is 2.42. The van der Waals surface area contributed by atoms with Crippen molar-refractivity contribution >= 4 is 5.78 Å². The Bertz CT molecular complexity index is 403. The van der Waals surface area contributed by atoms with Gasteiger partial charge in [0, 0.05) is 18.2 Å². The standard InChI is InChI=1S/C14H20N2O2/c1-18-13-6-4-11(5-7-13)14(17)10-16-8-2-3-12(16)9-15/h4-7,12H,2-3,8-10,15H2,1H3.